The van der Waals surface area contributed by atoms with Gasteiger partial charge >= 0.3 is 0 Å². The van der Waals surface area contributed by atoms with Crippen LogP contribution in [0.3, 0.4) is 0 Å². The standard InChI is InChI=1S/C17H16N2O/c1-12-17-7-4-15(18)10-14(17)8-9-19(12)11-13-2-5-16(20)6-3-13/h2-10,20H,1,11,18H2. The summed E-state index contributed by atoms with van der Waals surface area (Å²) in [6.07, 6.45) is 4.05. The lowest BCUT2D eigenvalue weighted by Gasteiger charge is -2.28. The molecule has 3 nitrogen and oxygen atoms in total. The first-order valence-electron chi connectivity index (χ1n) is 6.45. The average molecular weight is 264 g/mol. The van der Waals surface area contributed by atoms with Crippen LogP contribution < -0.4 is 5.73 Å². The van der Waals surface area contributed by atoms with Gasteiger partial charge in [0.15, 0.2) is 0 Å². The predicted octanol–water partition coefficient (Wildman–Crippen LogP) is 3.43. The van der Waals surface area contributed by atoms with Crippen LogP contribution in [-0.2, 0) is 6.54 Å². The number of benzene rings is 2. The number of hydrogen-bond donors (Lipinski definition) is 2. The molecule has 0 atom stereocenters. The minimum atomic E-state index is 0.280. The zero-order valence-corrected chi connectivity index (χ0v) is 11.1. The molecule has 20 heavy (non-hydrogen) atoms. The summed E-state index contributed by atoms with van der Waals surface area (Å²) in [5.74, 6) is 0.280. The van der Waals surface area contributed by atoms with Gasteiger partial charge < -0.3 is 15.7 Å². The molecule has 0 saturated carbocycles. The van der Waals surface area contributed by atoms with E-state index in [1.54, 1.807) is 12.1 Å². The number of aromatic hydroxyl groups is 1. The highest BCUT2D eigenvalue weighted by Gasteiger charge is 2.15. The molecular weight excluding hydrogens is 248 g/mol. The summed E-state index contributed by atoms with van der Waals surface area (Å²) in [5.41, 5.74) is 10.8. The van der Waals surface area contributed by atoms with Gasteiger partial charge in [-0.1, -0.05) is 24.8 Å². The number of phenolic OH excluding ortho intramolecular Hbond substituents is 1. The number of anilines is 1. The van der Waals surface area contributed by atoms with Crippen LogP contribution >= 0.6 is 0 Å². The average Bonchev–Trinajstić information content (AvgIpc) is 2.44. The van der Waals surface area contributed by atoms with Crippen LogP contribution in [0.15, 0.2) is 55.2 Å². The Bertz CT molecular complexity index is 687. The van der Waals surface area contributed by atoms with Crippen LogP contribution in [0.25, 0.3) is 11.8 Å². The third-order valence-electron chi connectivity index (χ3n) is 3.46. The number of fused-ring (bicyclic) bond motifs is 1. The van der Waals surface area contributed by atoms with Crippen LogP contribution in [0.5, 0.6) is 5.75 Å². The molecule has 2 aromatic rings. The second-order valence-corrected chi connectivity index (χ2v) is 4.90. The third-order valence-corrected chi connectivity index (χ3v) is 3.46. The Labute approximate surface area is 118 Å². The maximum atomic E-state index is 9.31. The Morgan fingerprint density at radius 3 is 2.60 bits per heavy atom. The second-order valence-electron chi connectivity index (χ2n) is 4.90. The van der Waals surface area contributed by atoms with Crippen molar-refractivity contribution in [3.05, 3.63) is 71.9 Å². The Morgan fingerprint density at radius 1 is 1.10 bits per heavy atom. The lowest BCUT2D eigenvalue weighted by atomic mass is 10.00. The van der Waals surface area contributed by atoms with E-state index in [1.807, 2.05) is 42.6 Å². The maximum Gasteiger partial charge on any atom is 0.115 e. The van der Waals surface area contributed by atoms with Crippen LogP contribution in [0, 0.1) is 0 Å². The van der Waals surface area contributed by atoms with Gasteiger partial charge in [-0.3, -0.25) is 0 Å². The Kier molecular flexibility index (Phi) is 2.95. The van der Waals surface area contributed by atoms with Gasteiger partial charge in [-0.05, 0) is 41.5 Å². The number of hydrogen-bond acceptors (Lipinski definition) is 3. The van der Waals surface area contributed by atoms with Crippen molar-refractivity contribution < 1.29 is 5.11 Å². The summed E-state index contributed by atoms with van der Waals surface area (Å²) in [4.78, 5) is 2.09. The van der Waals surface area contributed by atoms with Crippen molar-refractivity contribution in [2.24, 2.45) is 0 Å². The van der Waals surface area contributed by atoms with E-state index >= 15 is 0 Å². The number of rotatable bonds is 2. The molecule has 2 aromatic carbocycles. The maximum absolute atomic E-state index is 9.31. The summed E-state index contributed by atoms with van der Waals surface area (Å²) >= 11 is 0. The number of nitrogen functional groups attached to an aromatic ring is 1. The minimum absolute atomic E-state index is 0.280. The van der Waals surface area contributed by atoms with E-state index in [4.69, 9.17) is 5.73 Å². The van der Waals surface area contributed by atoms with E-state index in [2.05, 4.69) is 11.5 Å². The summed E-state index contributed by atoms with van der Waals surface area (Å²) < 4.78 is 0. The molecular formula is C17H16N2O. The van der Waals surface area contributed by atoms with Crippen molar-refractivity contribution in [1.82, 2.24) is 4.90 Å². The fourth-order valence-corrected chi connectivity index (χ4v) is 2.34. The SMILES string of the molecule is C=C1c2ccc(N)cc2C=CN1Cc1ccc(O)cc1. The lowest BCUT2D eigenvalue weighted by Crippen LogP contribution is -2.17. The van der Waals surface area contributed by atoms with E-state index in [0.717, 1.165) is 34.6 Å². The molecule has 0 bridgehead atoms. The molecule has 1 aliphatic heterocycles. The molecule has 0 saturated heterocycles. The van der Waals surface area contributed by atoms with Gasteiger partial charge in [0, 0.05) is 29.7 Å². The summed E-state index contributed by atoms with van der Waals surface area (Å²) in [5, 5.41) is 9.31. The molecule has 3 rings (SSSR count). The van der Waals surface area contributed by atoms with Gasteiger partial charge in [-0.15, -0.1) is 0 Å². The molecule has 0 aromatic heterocycles. The van der Waals surface area contributed by atoms with Crippen molar-refractivity contribution in [2.75, 3.05) is 5.73 Å². The normalized spacial score (nSPS) is 13.4. The molecule has 3 N–H and O–H groups in total. The Hall–Kier alpha value is -2.68. The molecule has 100 valence electrons. The first-order chi connectivity index (χ1) is 9.63. The largest absolute Gasteiger partial charge is 0.508 e. The molecule has 0 aliphatic carbocycles. The fraction of sp³-hybridized carbons (Fsp3) is 0.0588. The van der Waals surface area contributed by atoms with E-state index in [-0.39, 0.29) is 5.75 Å². The van der Waals surface area contributed by atoms with E-state index < -0.39 is 0 Å². The highest BCUT2D eigenvalue weighted by molar-refractivity contribution is 5.78. The van der Waals surface area contributed by atoms with Crippen molar-refractivity contribution in [1.29, 1.82) is 0 Å². The van der Waals surface area contributed by atoms with Crippen LogP contribution in [0.4, 0.5) is 5.69 Å². The quantitative estimate of drug-likeness (QED) is 0.817. The van der Waals surface area contributed by atoms with Gasteiger partial charge in [0.2, 0.25) is 0 Å². The van der Waals surface area contributed by atoms with Crippen molar-refractivity contribution in [2.45, 2.75) is 6.54 Å². The van der Waals surface area contributed by atoms with E-state index in [1.165, 1.54) is 0 Å². The fourth-order valence-electron chi connectivity index (χ4n) is 2.34. The smallest absolute Gasteiger partial charge is 0.115 e. The molecule has 0 amide bonds. The Balaban J connectivity index is 1.86. The highest BCUT2D eigenvalue weighted by Crippen LogP contribution is 2.30. The van der Waals surface area contributed by atoms with Gasteiger partial charge in [-0.2, -0.15) is 0 Å². The lowest BCUT2D eigenvalue weighted by molar-refractivity contribution is 0.474. The van der Waals surface area contributed by atoms with Gasteiger partial charge in [0.1, 0.15) is 5.75 Å². The number of nitrogens with zero attached hydrogens (tertiary/aromatic N) is 1. The zero-order valence-electron chi connectivity index (χ0n) is 11.1. The highest BCUT2D eigenvalue weighted by atomic mass is 16.3. The van der Waals surface area contributed by atoms with Crippen molar-refractivity contribution in [3.63, 3.8) is 0 Å². The summed E-state index contributed by atoms with van der Waals surface area (Å²) in [6, 6.07) is 13.1. The number of nitrogens with two attached hydrogens (primary N) is 1. The van der Waals surface area contributed by atoms with Crippen molar-refractivity contribution in [3.8, 4) is 5.75 Å². The van der Waals surface area contributed by atoms with Gasteiger partial charge in [0.05, 0.1) is 0 Å². The van der Waals surface area contributed by atoms with E-state index in [0.29, 0.717) is 0 Å². The van der Waals surface area contributed by atoms with Crippen molar-refractivity contribution >= 4 is 17.5 Å². The minimum Gasteiger partial charge on any atom is -0.508 e. The molecule has 0 radical (unpaired) electrons. The molecule has 1 heterocycles. The first kappa shape index (κ1) is 12.4. The van der Waals surface area contributed by atoms with Crippen LogP contribution in [0.2, 0.25) is 0 Å². The van der Waals surface area contributed by atoms with Crippen LogP contribution in [0.1, 0.15) is 16.7 Å². The predicted molar refractivity (Wildman–Crippen MR) is 82.6 cm³/mol. The second kappa shape index (κ2) is 4.78. The molecule has 0 unspecified atom stereocenters. The monoisotopic (exact) mass is 264 g/mol. The summed E-state index contributed by atoms with van der Waals surface area (Å²) in [7, 11) is 0. The zero-order chi connectivity index (χ0) is 14.1. The van der Waals surface area contributed by atoms with Crippen LogP contribution in [-0.4, -0.2) is 10.0 Å². The third kappa shape index (κ3) is 2.26. The van der Waals surface area contributed by atoms with Gasteiger partial charge in [-0.25, -0.2) is 0 Å². The Morgan fingerprint density at radius 2 is 1.85 bits per heavy atom. The molecule has 1 aliphatic rings. The summed E-state index contributed by atoms with van der Waals surface area (Å²) in [6.45, 7) is 4.89. The molecule has 3 heteroatoms. The topological polar surface area (TPSA) is 49.5 Å². The van der Waals surface area contributed by atoms with Gasteiger partial charge in [0.25, 0.3) is 0 Å². The van der Waals surface area contributed by atoms with E-state index in [9.17, 15) is 5.11 Å². The molecule has 0 fully saturated rings. The first-order valence-corrected chi connectivity index (χ1v) is 6.45. The number of phenols is 1. The molecule has 0 spiro atoms.